The number of rotatable bonds is 6. The Morgan fingerprint density at radius 1 is 1.50 bits per heavy atom. The molecule has 0 aromatic carbocycles. The maximum Gasteiger partial charge on any atom is 0.0664 e. The molecule has 12 heavy (non-hydrogen) atoms. The van der Waals surface area contributed by atoms with Crippen molar-refractivity contribution in [2.45, 2.75) is 51.7 Å². The van der Waals surface area contributed by atoms with Gasteiger partial charge in [-0.15, -0.1) is 0 Å². The molecule has 1 aliphatic rings. The fourth-order valence-electron chi connectivity index (χ4n) is 1.52. The molecule has 0 radical (unpaired) electrons. The number of aliphatic hydroxyl groups excluding tert-OH is 1. The van der Waals surface area contributed by atoms with Gasteiger partial charge in [-0.25, -0.2) is 0 Å². The van der Waals surface area contributed by atoms with Crippen LogP contribution in [0, 0.1) is 5.92 Å². The van der Waals surface area contributed by atoms with Crippen LogP contribution < -0.4 is 5.32 Å². The van der Waals surface area contributed by atoms with Gasteiger partial charge in [0.1, 0.15) is 0 Å². The maximum absolute atomic E-state index is 9.44. The van der Waals surface area contributed by atoms with Crippen molar-refractivity contribution in [3.63, 3.8) is 0 Å². The fourth-order valence-corrected chi connectivity index (χ4v) is 1.52. The predicted octanol–water partition coefficient (Wildman–Crippen LogP) is 1.54. The molecule has 2 N–H and O–H groups in total. The van der Waals surface area contributed by atoms with E-state index in [9.17, 15) is 5.11 Å². The average molecular weight is 171 g/mol. The molecule has 1 rings (SSSR count). The monoisotopic (exact) mass is 171 g/mol. The Kier molecular flexibility index (Phi) is 4.02. The molecule has 2 heteroatoms. The molecule has 1 fully saturated rings. The van der Waals surface area contributed by atoms with E-state index >= 15 is 0 Å². The Labute approximate surface area is 75.4 Å². The zero-order valence-electron chi connectivity index (χ0n) is 8.21. The minimum atomic E-state index is -0.142. The van der Waals surface area contributed by atoms with Crippen molar-refractivity contribution in [1.29, 1.82) is 0 Å². The molecule has 0 spiro atoms. The zero-order chi connectivity index (χ0) is 8.97. The van der Waals surface area contributed by atoms with Gasteiger partial charge in [0.05, 0.1) is 6.10 Å². The van der Waals surface area contributed by atoms with Crippen molar-refractivity contribution in [1.82, 2.24) is 5.32 Å². The number of nitrogens with one attached hydrogen (secondary N) is 1. The lowest BCUT2D eigenvalue weighted by atomic mass is 10.2. The molecule has 0 aliphatic heterocycles. The summed E-state index contributed by atoms with van der Waals surface area (Å²) in [6, 6.07) is 0.608. The highest BCUT2D eigenvalue weighted by Gasteiger charge is 2.27. The summed E-state index contributed by atoms with van der Waals surface area (Å²) in [5.74, 6) is 0.888. The van der Waals surface area contributed by atoms with Crippen LogP contribution in [0.1, 0.15) is 39.5 Å². The molecule has 1 saturated carbocycles. The van der Waals surface area contributed by atoms with Crippen LogP contribution in [-0.2, 0) is 0 Å². The second-order valence-electron chi connectivity index (χ2n) is 3.98. The van der Waals surface area contributed by atoms with Crippen LogP contribution in [0.3, 0.4) is 0 Å². The van der Waals surface area contributed by atoms with Crippen molar-refractivity contribution in [2.75, 3.05) is 6.54 Å². The smallest absolute Gasteiger partial charge is 0.0664 e. The first-order valence-electron chi connectivity index (χ1n) is 5.15. The molecule has 0 aromatic heterocycles. The Hall–Kier alpha value is -0.0800. The summed E-state index contributed by atoms with van der Waals surface area (Å²) in [4.78, 5) is 0. The molecule has 72 valence electrons. The van der Waals surface area contributed by atoms with Crippen molar-refractivity contribution in [2.24, 2.45) is 5.92 Å². The van der Waals surface area contributed by atoms with Crippen LogP contribution in [-0.4, -0.2) is 23.8 Å². The van der Waals surface area contributed by atoms with Crippen LogP contribution in [0.4, 0.5) is 0 Å². The first-order chi connectivity index (χ1) is 5.74. The summed E-state index contributed by atoms with van der Waals surface area (Å²) in [5.41, 5.74) is 0. The highest BCUT2D eigenvalue weighted by atomic mass is 16.3. The second kappa shape index (κ2) is 4.83. The summed E-state index contributed by atoms with van der Waals surface area (Å²) in [6.07, 6.45) is 4.59. The quantitative estimate of drug-likeness (QED) is 0.635. The second-order valence-corrected chi connectivity index (χ2v) is 3.98. The van der Waals surface area contributed by atoms with Gasteiger partial charge in [0.2, 0.25) is 0 Å². The first-order valence-corrected chi connectivity index (χ1v) is 5.15. The molecule has 2 atom stereocenters. The van der Waals surface area contributed by atoms with Crippen LogP contribution in [0.2, 0.25) is 0 Å². The van der Waals surface area contributed by atoms with Gasteiger partial charge in [0, 0.05) is 12.6 Å². The van der Waals surface area contributed by atoms with E-state index in [4.69, 9.17) is 0 Å². The Morgan fingerprint density at radius 2 is 2.17 bits per heavy atom. The van der Waals surface area contributed by atoms with Gasteiger partial charge in [-0.2, -0.15) is 0 Å². The molecule has 0 aromatic rings. The molecule has 0 saturated heterocycles. The van der Waals surface area contributed by atoms with E-state index < -0.39 is 0 Å². The van der Waals surface area contributed by atoms with E-state index in [1.165, 1.54) is 12.8 Å². The lowest BCUT2D eigenvalue weighted by Crippen LogP contribution is -2.34. The summed E-state index contributed by atoms with van der Waals surface area (Å²) in [6.45, 7) is 5.09. The highest BCUT2D eigenvalue weighted by Crippen LogP contribution is 2.32. The largest absolute Gasteiger partial charge is 0.392 e. The maximum atomic E-state index is 9.44. The van der Waals surface area contributed by atoms with Crippen LogP contribution in [0.15, 0.2) is 0 Å². The van der Waals surface area contributed by atoms with E-state index in [1.54, 1.807) is 0 Å². The van der Waals surface area contributed by atoms with Crippen molar-refractivity contribution < 1.29 is 5.11 Å². The SMILES string of the molecule is CCCC(O)CNC(C)C1CC1. The summed E-state index contributed by atoms with van der Waals surface area (Å²) in [7, 11) is 0. The number of hydrogen-bond donors (Lipinski definition) is 2. The minimum absolute atomic E-state index is 0.142. The molecule has 2 unspecified atom stereocenters. The normalized spacial score (nSPS) is 22.2. The number of aliphatic hydroxyl groups is 1. The highest BCUT2D eigenvalue weighted by molar-refractivity contribution is 4.83. The summed E-state index contributed by atoms with van der Waals surface area (Å²) >= 11 is 0. The molecule has 2 nitrogen and oxygen atoms in total. The standard InChI is InChI=1S/C10H21NO/c1-3-4-10(12)7-11-8(2)9-5-6-9/h8-12H,3-7H2,1-2H3. The Bertz CT molecular complexity index is 123. The van der Waals surface area contributed by atoms with E-state index in [-0.39, 0.29) is 6.10 Å². The molecule has 0 heterocycles. The van der Waals surface area contributed by atoms with Gasteiger partial charge in [-0.1, -0.05) is 13.3 Å². The van der Waals surface area contributed by atoms with Gasteiger partial charge >= 0.3 is 0 Å². The average Bonchev–Trinajstić information content (AvgIpc) is 2.83. The van der Waals surface area contributed by atoms with Crippen molar-refractivity contribution in [3.05, 3.63) is 0 Å². The fraction of sp³-hybridized carbons (Fsp3) is 1.00. The lowest BCUT2D eigenvalue weighted by Gasteiger charge is -2.15. The Balaban J connectivity index is 1.99. The van der Waals surface area contributed by atoms with Gasteiger partial charge < -0.3 is 10.4 Å². The third-order valence-corrected chi connectivity index (χ3v) is 2.63. The van der Waals surface area contributed by atoms with Crippen molar-refractivity contribution >= 4 is 0 Å². The minimum Gasteiger partial charge on any atom is -0.392 e. The predicted molar refractivity (Wildman–Crippen MR) is 51.1 cm³/mol. The molecular weight excluding hydrogens is 150 g/mol. The Morgan fingerprint density at radius 3 is 2.67 bits per heavy atom. The molecule has 1 aliphatic carbocycles. The first kappa shape index (κ1) is 10.0. The molecular formula is C10H21NO. The van der Waals surface area contributed by atoms with E-state index in [0.29, 0.717) is 6.04 Å². The third kappa shape index (κ3) is 3.55. The van der Waals surface area contributed by atoms with Gasteiger partial charge in [-0.05, 0) is 32.1 Å². The summed E-state index contributed by atoms with van der Waals surface area (Å²) in [5, 5.41) is 12.8. The van der Waals surface area contributed by atoms with E-state index in [0.717, 1.165) is 25.3 Å². The van der Waals surface area contributed by atoms with Crippen LogP contribution in [0.5, 0.6) is 0 Å². The number of hydrogen-bond acceptors (Lipinski definition) is 2. The van der Waals surface area contributed by atoms with E-state index in [2.05, 4.69) is 19.2 Å². The van der Waals surface area contributed by atoms with Gasteiger partial charge in [0.25, 0.3) is 0 Å². The van der Waals surface area contributed by atoms with Gasteiger partial charge in [0.15, 0.2) is 0 Å². The molecule has 0 bridgehead atoms. The van der Waals surface area contributed by atoms with Crippen LogP contribution >= 0.6 is 0 Å². The van der Waals surface area contributed by atoms with E-state index in [1.807, 2.05) is 0 Å². The third-order valence-electron chi connectivity index (χ3n) is 2.63. The van der Waals surface area contributed by atoms with Gasteiger partial charge in [-0.3, -0.25) is 0 Å². The topological polar surface area (TPSA) is 32.3 Å². The van der Waals surface area contributed by atoms with Crippen molar-refractivity contribution in [3.8, 4) is 0 Å². The van der Waals surface area contributed by atoms with Crippen LogP contribution in [0.25, 0.3) is 0 Å². The summed E-state index contributed by atoms with van der Waals surface area (Å²) < 4.78 is 0. The lowest BCUT2D eigenvalue weighted by molar-refractivity contribution is 0.156. The molecule has 0 amide bonds. The zero-order valence-corrected chi connectivity index (χ0v) is 8.21.